The van der Waals surface area contributed by atoms with Crippen molar-refractivity contribution in [2.24, 2.45) is 0 Å². The number of nitrogens with zero attached hydrogens (tertiary/aromatic N) is 2. The number of nitrogens with two attached hydrogens (primary N) is 1. The predicted molar refractivity (Wildman–Crippen MR) is 93.8 cm³/mol. The predicted octanol–water partition coefficient (Wildman–Crippen LogP) is 3.00. The third-order valence-electron chi connectivity index (χ3n) is 4.59. The number of aromatic nitrogens is 1. The van der Waals surface area contributed by atoms with Gasteiger partial charge in [-0.05, 0) is 61.9 Å². The number of anilines is 1. The van der Waals surface area contributed by atoms with E-state index in [1.807, 2.05) is 17.0 Å². The molecule has 3 N–H and O–H groups in total. The number of carbonyl (C=O) groups excluding carboxylic acids is 1. The number of piperidine rings is 1. The number of amides is 1. The Hall–Kier alpha value is -2.56. The molecule has 2 aromatic rings. The molecule has 1 atom stereocenters. The highest BCUT2D eigenvalue weighted by atomic mass is 16.3. The summed E-state index contributed by atoms with van der Waals surface area (Å²) in [5, 5.41) is 9.58. The van der Waals surface area contributed by atoms with Crippen molar-refractivity contribution in [2.75, 3.05) is 12.3 Å². The Morgan fingerprint density at radius 1 is 1.29 bits per heavy atom. The summed E-state index contributed by atoms with van der Waals surface area (Å²) in [7, 11) is 0. The summed E-state index contributed by atoms with van der Waals surface area (Å²) in [4.78, 5) is 18.8. The summed E-state index contributed by atoms with van der Waals surface area (Å²) in [6, 6.07) is 10.9. The number of hydrogen-bond acceptors (Lipinski definition) is 4. The third-order valence-corrected chi connectivity index (χ3v) is 4.59. The fourth-order valence-electron chi connectivity index (χ4n) is 3.36. The lowest BCUT2D eigenvalue weighted by molar-refractivity contribution is 0.0602. The van der Waals surface area contributed by atoms with Gasteiger partial charge >= 0.3 is 0 Å². The summed E-state index contributed by atoms with van der Waals surface area (Å²) in [6.07, 6.45) is 6.53. The minimum atomic E-state index is 0.0321. The Balaban J connectivity index is 1.70. The van der Waals surface area contributed by atoms with Crippen LogP contribution in [-0.2, 0) is 6.42 Å². The molecule has 0 radical (unpaired) electrons. The van der Waals surface area contributed by atoms with Gasteiger partial charge in [-0.25, -0.2) is 4.98 Å². The van der Waals surface area contributed by atoms with Crippen molar-refractivity contribution < 1.29 is 9.90 Å². The van der Waals surface area contributed by atoms with E-state index in [1.165, 1.54) is 0 Å². The smallest absolute Gasteiger partial charge is 0.254 e. The second-order valence-electron chi connectivity index (χ2n) is 6.33. The summed E-state index contributed by atoms with van der Waals surface area (Å²) < 4.78 is 0. The number of rotatable bonds is 4. The van der Waals surface area contributed by atoms with E-state index < -0.39 is 0 Å². The fourth-order valence-corrected chi connectivity index (χ4v) is 3.36. The van der Waals surface area contributed by atoms with Gasteiger partial charge in [0.1, 0.15) is 11.6 Å². The lowest BCUT2D eigenvalue weighted by atomic mass is 9.95. The van der Waals surface area contributed by atoms with Crippen LogP contribution in [0, 0.1) is 0 Å². The van der Waals surface area contributed by atoms with Gasteiger partial charge in [0.25, 0.3) is 5.91 Å². The lowest BCUT2D eigenvalue weighted by Crippen LogP contribution is -2.44. The number of phenols is 1. The number of aryl methyl sites for hydroxylation is 1. The van der Waals surface area contributed by atoms with Crippen LogP contribution in [0.15, 0.2) is 42.6 Å². The van der Waals surface area contributed by atoms with Crippen molar-refractivity contribution in [3.63, 3.8) is 0 Å². The van der Waals surface area contributed by atoms with Crippen molar-refractivity contribution in [3.8, 4) is 5.75 Å². The van der Waals surface area contributed by atoms with E-state index in [1.54, 1.807) is 30.5 Å². The molecule has 5 nitrogen and oxygen atoms in total. The minimum absolute atomic E-state index is 0.0321. The molecule has 1 unspecified atom stereocenters. The topological polar surface area (TPSA) is 79.5 Å². The van der Waals surface area contributed by atoms with Crippen LogP contribution >= 0.6 is 0 Å². The summed E-state index contributed by atoms with van der Waals surface area (Å²) in [6.45, 7) is 0.783. The van der Waals surface area contributed by atoms with E-state index >= 15 is 0 Å². The van der Waals surface area contributed by atoms with E-state index in [0.717, 1.165) is 44.2 Å². The second kappa shape index (κ2) is 7.34. The first kappa shape index (κ1) is 16.3. The van der Waals surface area contributed by atoms with Crippen molar-refractivity contribution in [1.82, 2.24) is 9.88 Å². The van der Waals surface area contributed by atoms with Crippen LogP contribution in [0.5, 0.6) is 5.75 Å². The molecule has 2 heterocycles. The Labute approximate surface area is 142 Å². The molecule has 1 fully saturated rings. The molecule has 0 spiro atoms. The molecule has 24 heavy (non-hydrogen) atoms. The molecule has 1 amide bonds. The molecule has 1 aromatic heterocycles. The van der Waals surface area contributed by atoms with Crippen LogP contribution < -0.4 is 5.73 Å². The molecule has 3 rings (SSSR count). The lowest BCUT2D eigenvalue weighted by Gasteiger charge is -2.36. The van der Waals surface area contributed by atoms with Crippen LogP contribution in [0.4, 0.5) is 5.82 Å². The first-order chi connectivity index (χ1) is 11.6. The molecule has 0 saturated carbocycles. The molecule has 1 aliphatic rings. The highest BCUT2D eigenvalue weighted by Gasteiger charge is 2.27. The highest BCUT2D eigenvalue weighted by Crippen LogP contribution is 2.24. The Kier molecular flexibility index (Phi) is 4.99. The first-order valence-corrected chi connectivity index (χ1v) is 8.44. The highest BCUT2D eigenvalue weighted by molar-refractivity contribution is 5.95. The number of carbonyl (C=O) groups is 1. The molecule has 1 saturated heterocycles. The SMILES string of the molecule is Nc1cc(C(=O)N2CCCCC2CCc2cccc(O)c2)ccn1. The average Bonchev–Trinajstić information content (AvgIpc) is 2.60. The maximum atomic E-state index is 12.8. The van der Waals surface area contributed by atoms with Gasteiger partial charge in [0.2, 0.25) is 0 Å². The molecule has 5 heteroatoms. The number of aromatic hydroxyl groups is 1. The zero-order valence-corrected chi connectivity index (χ0v) is 13.7. The standard InChI is InChI=1S/C19H23N3O2/c20-18-13-15(9-10-21-18)19(24)22-11-2-1-5-16(22)8-7-14-4-3-6-17(23)12-14/h3-4,6,9-10,12-13,16,23H,1-2,5,7-8,11H2,(H2,20,21). The number of benzene rings is 1. The monoisotopic (exact) mass is 325 g/mol. The maximum Gasteiger partial charge on any atom is 0.254 e. The number of likely N-dealkylation sites (tertiary alicyclic amines) is 1. The van der Waals surface area contributed by atoms with Crippen LogP contribution in [0.1, 0.15) is 41.6 Å². The van der Waals surface area contributed by atoms with Crippen molar-refractivity contribution in [3.05, 3.63) is 53.7 Å². The normalized spacial score (nSPS) is 17.7. The van der Waals surface area contributed by atoms with Gasteiger partial charge < -0.3 is 15.7 Å². The van der Waals surface area contributed by atoms with E-state index in [4.69, 9.17) is 5.73 Å². The van der Waals surface area contributed by atoms with E-state index in [2.05, 4.69) is 4.98 Å². The molecular weight excluding hydrogens is 302 g/mol. The first-order valence-electron chi connectivity index (χ1n) is 8.44. The van der Waals surface area contributed by atoms with E-state index in [0.29, 0.717) is 11.4 Å². The number of phenolic OH excluding ortho intramolecular Hbond substituents is 1. The molecule has 1 aromatic carbocycles. The van der Waals surface area contributed by atoms with Crippen LogP contribution in [0.3, 0.4) is 0 Å². The van der Waals surface area contributed by atoms with Crippen molar-refractivity contribution in [2.45, 2.75) is 38.1 Å². The minimum Gasteiger partial charge on any atom is -0.508 e. The average molecular weight is 325 g/mol. The van der Waals surface area contributed by atoms with Crippen LogP contribution in [0.2, 0.25) is 0 Å². The van der Waals surface area contributed by atoms with Crippen LogP contribution in [0.25, 0.3) is 0 Å². The summed E-state index contributed by atoms with van der Waals surface area (Å²) in [5.74, 6) is 0.690. The molecular formula is C19H23N3O2. The van der Waals surface area contributed by atoms with E-state index in [9.17, 15) is 9.90 Å². The maximum absolute atomic E-state index is 12.8. The summed E-state index contributed by atoms with van der Waals surface area (Å²) in [5.41, 5.74) is 7.41. The third kappa shape index (κ3) is 3.85. The summed E-state index contributed by atoms with van der Waals surface area (Å²) >= 11 is 0. The quantitative estimate of drug-likeness (QED) is 0.905. The molecule has 0 aliphatic carbocycles. The van der Waals surface area contributed by atoms with Crippen LogP contribution in [-0.4, -0.2) is 33.5 Å². The molecule has 1 aliphatic heterocycles. The Morgan fingerprint density at radius 3 is 2.96 bits per heavy atom. The number of pyridine rings is 1. The zero-order valence-electron chi connectivity index (χ0n) is 13.7. The van der Waals surface area contributed by atoms with Gasteiger partial charge in [-0.3, -0.25) is 4.79 Å². The van der Waals surface area contributed by atoms with Gasteiger partial charge in [-0.15, -0.1) is 0 Å². The Morgan fingerprint density at radius 2 is 2.17 bits per heavy atom. The van der Waals surface area contributed by atoms with Crippen molar-refractivity contribution in [1.29, 1.82) is 0 Å². The van der Waals surface area contributed by atoms with Gasteiger partial charge in [-0.2, -0.15) is 0 Å². The zero-order chi connectivity index (χ0) is 16.9. The second-order valence-corrected chi connectivity index (χ2v) is 6.33. The van der Waals surface area contributed by atoms with E-state index in [-0.39, 0.29) is 17.7 Å². The number of hydrogen-bond donors (Lipinski definition) is 2. The largest absolute Gasteiger partial charge is 0.508 e. The van der Waals surface area contributed by atoms with Gasteiger partial charge in [0.15, 0.2) is 0 Å². The number of nitrogen functional groups attached to an aromatic ring is 1. The van der Waals surface area contributed by atoms with Gasteiger partial charge in [0, 0.05) is 24.3 Å². The fraction of sp³-hybridized carbons (Fsp3) is 0.368. The Bertz CT molecular complexity index is 717. The van der Waals surface area contributed by atoms with Gasteiger partial charge in [0.05, 0.1) is 0 Å². The van der Waals surface area contributed by atoms with Crippen molar-refractivity contribution >= 4 is 11.7 Å². The molecule has 0 bridgehead atoms. The van der Waals surface area contributed by atoms with Gasteiger partial charge in [-0.1, -0.05) is 12.1 Å². The molecule has 126 valence electrons.